The molecule has 7 heteroatoms. The van der Waals surface area contributed by atoms with Crippen molar-refractivity contribution in [3.8, 4) is 0 Å². The van der Waals surface area contributed by atoms with Crippen LogP contribution in [-0.2, 0) is 9.59 Å². The second kappa shape index (κ2) is 8.31. The van der Waals surface area contributed by atoms with E-state index in [1.165, 1.54) is 34.1 Å². The third kappa shape index (κ3) is 3.94. The normalized spacial score (nSPS) is 18.9. The number of nitrogens with one attached hydrogen (secondary N) is 2. The molecule has 1 unspecified atom stereocenters. The van der Waals surface area contributed by atoms with Gasteiger partial charge in [-0.15, -0.1) is 0 Å². The summed E-state index contributed by atoms with van der Waals surface area (Å²) in [7, 11) is 4.04. The second-order valence-corrected chi connectivity index (χ2v) is 7.13. The Labute approximate surface area is 162 Å². The van der Waals surface area contributed by atoms with Gasteiger partial charge in [-0.05, 0) is 24.3 Å². The fourth-order valence-corrected chi connectivity index (χ4v) is 3.38. The Balaban J connectivity index is 2.06. The lowest BCUT2D eigenvalue weighted by Gasteiger charge is -2.22. The summed E-state index contributed by atoms with van der Waals surface area (Å²) >= 11 is 0. The highest BCUT2D eigenvalue weighted by Gasteiger charge is 2.48. The quantitative estimate of drug-likeness (QED) is 0.434. The predicted molar refractivity (Wildman–Crippen MR) is 101 cm³/mol. The van der Waals surface area contributed by atoms with Crippen molar-refractivity contribution >= 4 is 17.4 Å². The standard InChI is InChI=1S/C21H22FN3O3/c1-24(2)12-5-13-25-18(16-6-3-4-11-23-16)17(20(27)21(25)28)19(26)14-7-9-15(22)10-8-14/h3-4,6-11,18,26H,5,12-13H2,1-2H3/p+2. The number of carbonyl (C=O) groups is 2. The van der Waals surface area contributed by atoms with Crippen LogP contribution >= 0.6 is 0 Å². The number of hydrogen-bond acceptors (Lipinski definition) is 3. The van der Waals surface area contributed by atoms with Gasteiger partial charge in [-0.3, -0.25) is 9.59 Å². The molecular weight excluding hydrogens is 361 g/mol. The van der Waals surface area contributed by atoms with Crippen LogP contribution in [-0.4, -0.2) is 48.9 Å². The average Bonchev–Trinajstić information content (AvgIpc) is 2.93. The molecule has 1 aromatic heterocycles. The van der Waals surface area contributed by atoms with Gasteiger partial charge in [-0.25, -0.2) is 9.37 Å². The average molecular weight is 385 g/mol. The van der Waals surface area contributed by atoms with Crippen LogP contribution in [0, 0.1) is 5.82 Å². The van der Waals surface area contributed by atoms with Crippen LogP contribution in [0.2, 0.25) is 0 Å². The summed E-state index contributed by atoms with van der Waals surface area (Å²) in [5.74, 6) is -2.13. The number of aliphatic hydroxyl groups excluding tert-OH is 1. The number of hydrogen-bond donors (Lipinski definition) is 2. The van der Waals surface area contributed by atoms with Gasteiger partial charge in [0.2, 0.25) is 5.69 Å². The van der Waals surface area contributed by atoms with E-state index in [-0.39, 0.29) is 16.9 Å². The minimum atomic E-state index is -0.735. The van der Waals surface area contributed by atoms with E-state index in [0.29, 0.717) is 12.2 Å². The summed E-state index contributed by atoms with van der Waals surface area (Å²) in [4.78, 5) is 31.3. The molecule has 146 valence electrons. The molecule has 3 N–H and O–H groups in total. The number of aliphatic hydroxyl groups is 1. The van der Waals surface area contributed by atoms with E-state index in [0.717, 1.165) is 13.0 Å². The fraction of sp³-hybridized carbons (Fsp3) is 0.286. The van der Waals surface area contributed by atoms with Crippen LogP contribution < -0.4 is 9.88 Å². The van der Waals surface area contributed by atoms with Crippen LogP contribution in [0.3, 0.4) is 0 Å². The molecule has 1 aliphatic rings. The number of pyridine rings is 1. The van der Waals surface area contributed by atoms with Gasteiger partial charge in [0.1, 0.15) is 17.6 Å². The summed E-state index contributed by atoms with van der Waals surface area (Å²) < 4.78 is 13.2. The highest BCUT2D eigenvalue weighted by atomic mass is 19.1. The van der Waals surface area contributed by atoms with Crippen molar-refractivity contribution in [2.75, 3.05) is 27.2 Å². The van der Waals surface area contributed by atoms with E-state index in [1.54, 1.807) is 24.4 Å². The third-order valence-electron chi connectivity index (χ3n) is 4.76. The molecule has 0 bridgehead atoms. The summed E-state index contributed by atoms with van der Waals surface area (Å²) in [6.07, 6.45) is 2.42. The SMILES string of the molecule is C[NH+](C)CCCN1C(=O)C(=O)C(=C(O)c2ccc(F)cc2)C1c1cccc[nH+]1. The molecular formula is C21H24FN3O3+2. The van der Waals surface area contributed by atoms with Crippen LogP contribution in [0.4, 0.5) is 4.39 Å². The van der Waals surface area contributed by atoms with Gasteiger partial charge in [0.15, 0.2) is 6.20 Å². The van der Waals surface area contributed by atoms with Gasteiger partial charge < -0.3 is 14.9 Å². The van der Waals surface area contributed by atoms with Crippen molar-refractivity contribution in [1.29, 1.82) is 0 Å². The minimum Gasteiger partial charge on any atom is -0.507 e. The molecule has 1 amide bonds. The molecule has 6 nitrogen and oxygen atoms in total. The van der Waals surface area contributed by atoms with Gasteiger partial charge in [-0.2, -0.15) is 0 Å². The van der Waals surface area contributed by atoms with Gasteiger partial charge in [0.25, 0.3) is 11.7 Å². The molecule has 2 aromatic rings. The molecule has 0 spiro atoms. The smallest absolute Gasteiger partial charge is 0.295 e. The first kappa shape index (κ1) is 19.7. The van der Waals surface area contributed by atoms with Crippen molar-refractivity contribution in [2.45, 2.75) is 12.5 Å². The maximum atomic E-state index is 13.2. The van der Waals surface area contributed by atoms with Crippen LogP contribution in [0.1, 0.15) is 23.7 Å². The fourth-order valence-electron chi connectivity index (χ4n) is 3.38. The van der Waals surface area contributed by atoms with E-state index < -0.39 is 23.5 Å². The number of H-pyrrole nitrogens is 1. The van der Waals surface area contributed by atoms with Crippen molar-refractivity contribution in [3.63, 3.8) is 0 Å². The minimum absolute atomic E-state index is 0.0104. The Morgan fingerprint density at radius 1 is 1.18 bits per heavy atom. The van der Waals surface area contributed by atoms with Gasteiger partial charge >= 0.3 is 0 Å². The number of aromatic amines is 1. The number of nitrogens with zero attached hydrogens (tertiary/aromatic N) is 1. The number of halogens is 1. The topological polar surface area (TPSA) is 76.2 Å². The number of quaternary nitrogens is 1. The molecule has 0 aliphatic carbocycles. The molecule has 28 heavy (non-hydrogen) atoms. The van der Waals surface area contributed by atoms with E-state index >= 15 is 0 Å². The number of likely N-dealkylation sites (tertiary alicyclic amines) is 1. The first-order valence-electron chi connectivity index (χ1n) is 9.20. The zero-order valence-corrected chi connectivity index (χ0v) is 15.9. The van der Waals surface area contributed by atoms with Gasteiger partial charge in [0, 0.05) is 30.7 Å². The number of benzene rings is 1. The number of amides is 1. The Kier molecular flexibility index (Phi) is 5.84. The molecule has 3 rings (SSSR count). The summed E-state index contributed by atoms with van der Waals surface area (Å²) in [5, 5.41) is 10.8. The molecule has 1 fully saturated rings. The van der Waals surface area contributed by atoms with Crippen LogP contribution in [0.15, 0.2) is 54.2 Å². The van der Waals surface area contributed by atoms with E-state index in [9.17, 15) is 19.1 Å². The summed E-state index contributed by atoms with van der Waals surface area (Å²) in [5.41, 5.74) is 0.928. The third-order valence-corrected chi connectivity index (χ3v) is 4.76. The maximum absolute atomic E-state index is 13.2. The van der Waals surface area contributed by atoms with E-state index in [1.807, 2.05) is 14.1 Å². The Bertz CT molecular complexity index is 895. The van der Waals surface area contributed by atoms with Crippen molar-refractivity contribution in [2.24, 2.45) is 0 Å². The largest absolute Gasteiger partial charge is 0.507 e. The predicted octanol–water partition coefficient (Wildman–Crippen LogP) is 0.596. The second-order valence-electron chi connectivity index (χ2n) is 7.13. The maximum Gasteiger partial charge on any atom is 0.295 e. The lowest BCUT2D eigenvalue weighted by molar-refractivity contribution is -0.858. The summed E-state index contributed by atoms with van der Waals surface area (Å²) in [6, 6.07) is 9.84. The Hall–Kier alpha value is -3.06. The lowest BCUT2D eigenvalue weighted by atomic mass is 9.98. The molecule has 0 radical (unpaired) electrons. The molecule has 1 aromatic carbocycles. The highest BCUT2D eigenvalue weighted by molar-refractivity contribution is 6.46. The number of rotatable bonds is 6. The van der Waals surface area contributed by atoms with Gasteiger partial charge in [-0.1, -0.05) is 6.07 Å². The number of aromatic nitrogens is 1. The first-order chi connectivity index (χ1) is 13.4. The number of carbonyl (C=O) groups excluding carboxylic acids is 2. The van der Waals surface area contributed by atoms with Crippen LogP contribution in [0.25, 0.3) is 5.76 Å². The summed E-state index contributed by atoms with van der Waals surface area (Å²) in [6.45, 7) is 1.23. The molecule has 1 aliphatic heterocycles. The molecule has 1 saturated heterocycles. The van der Waals surface area contributed by atoms with Crippen LogP contribution in [0.5, 0.6) is 0 Å². The highest BCUT2D eigenvalue weighted by Crippen LogP contribution is 2.37. The zero-order chi connectivity index (χ0) is 20.3. The lowest BCUT2D eigenvalue weighted by Crippen LogP contribution is -3.05. The van der Waals surface area contributed by atoms with Crippen molar-refractivity contribution in [1.82, 2.24) is 4.90 Å². The number of ketones is 1. The van der Waals surface area contributed by atoms with E-state index in [2.05, 4.69) is 4.98 Å². The van der Waals surface area contributed by atoms with Gasteiger partial charge in [0.05, 0.1) is 26.2 Å². The monoisotopic (exact) mass is 385 g/mol. The molecule has 1 atom stereocenters. The molecule has 0 saturated carbocycles. The first-order valence-corrected chi connectivity index (χ1v) is 9.20. The van der Waals surface area contributed by atoms with Crippen molar-refractivity contribution < 1.29 is 29.0 Å². The number of Topliss-reactive ketones (excluding diaryl/α,β-unsaturated/α-hetero) is 1. The Morgan fingerprint density at radius 2 is 1.89 bits per heavy atom. The molecule has 2 heterocycles. The zero-order valence-electron chi connectivity index (χ0n) is 15.9. The Morgan fingerprint density at radius 3 is 2.50 bits per heavy atom. The van der Waals surface area contributed by atoms with E-state index in [4.69, 9.17) is 0 Å². The van der Waals surface area contributed by atoms with Crippen molar-refractivity contribution in [3.05, 3.63) is 71.3 Å².